The molecule has 0 spiro atoms. The minimum absolute atomic E-state index is 0.227. The number of hydrogen-bond donors (Lipinski definition) is 1. The summed E-state index contributed by atoms with van der Waals surface area (Å²) < 4.78 is 11.0. The van der Waals surface area contributed by atoms with Gasteiger partial charge in [-0.25, -0.2) is 0 Å². The largest absolute Gasteiger partial charge is 0.468 e. The Morgan fingerprint density at radius 1 is 0.950 bits per heavy atom. The Morgan fingerprint density at radius 2 is 1.65 bits per heavy atom. The molecule has 0 bridgehead atoms. The van der Waals surface area contributed by atoms with E-state index in [4.69, 9.17) is 9.47 Å². The molecule has 0 saturated heterocycles. The van der Waals surface area contributed by atoms with Gasteiger partial charge in [0.1, 0.15) is 5.75 Å². The van der Waals surface area contributed by atoms with Crippen LogP contribution in [0.4, 0.5) is 0 Å². The fourth-order valence-corrected chi connectivity index (χ4v) is 1.91. The average Bonchev–Trinajstić information content (AvgIpc) is 2.46. The predicted molar refractivity (Wildman–Crippen MR) is 78.6 cm³/mol. The van der Waals surface area contributed by atoms with Crippen LogP contribution in [-0.4, -0.2) is 18.0 Å². The Morgan fingerprint density at radius 3 is 2.30 bits per heavy atom. The highest BCUT2D eigenvalue weighted by Gasteiger charge is 2.00. The van der Waals surface area contributed by atoms with Gasteiger partial charge < -0.3 is 14.6 Å². The van der Waals surface area contributed by atoms with Crippen molar-refractivity contribution in [2.45, 2.75) is 26.1 Å². The van der Waals surface area contributed by atoms with Gasteiger partial charge in [0.2, 0.25) is 0 Å². The van der Waals surface area contributed by atoms with E-state index in [0.717, 1.165) is 16.9 Å². The summed E-state index contributed by atoms with van der Waals surface area (Å²) in [5.74, 6) is 0.771. The molecule has 0 radical (unpaired) electrons. The van der Waals surface area contributed by atoms with Crippen LogP contribution in [0.25, 0.3) is 0 Å². The molecule has 0 fully saturated rings. The van der Waals surface area contributed by atoms with Crippen molar-refractivity contribution in [3.63, 3.8) is 0 Å². The molecule has 3 heteroatoms. The van der Waals surface area contributed by atoms with Gasteiger partial charge in [0.25, 0.3) is 0 Å². The molecule has 2 aromatic carbocycles. The fraction of sp³-hybridized carbons (Fsp3) is 0.294. The zero-order chi connectivity index (χ0) is 14.2. The van der Waals surface area contributed by atoms with Crippen LogP contribution in [0.2, 0.25) is 0 Å². The SMILES string of the molecule is CC(O)Cc1ccc(OCOCc2ccccc2)cc1. The number of aliphatic hydroxyl groups excluding tert-OH is 1. The minimum atomic E-state index is -0.323. The van der Waals surface area contributed by atoms with Gasteiger partial charge >= 0.3 is 0 Å². The molecule has 1 unspecified atom stereocenters. The average molecular weight is 272 g/mol. The van der Waals surface area contributed by atoms with Gasteiger partial charge in [0.15, 0.2) is 6.79 Å². The first kappa shape index (κ1) is 14.6. The van der Waals surface area contributed by atoms with Gasteiger partial charge in [-0.15, -0.1) is 0 Å². The summed E-state index contributed by atoms with van der Waals surface area (Å²) in [6.07, 6.45) is 0.334. The molecule has 0 aliphatic heterocycles. The summed E-state index contributed by atoms with van der Waals surface area (Å²) in [6.45, 7) is 2.55. The van der Waals surface area contributed by atoms with E-state index >= 15 is 0 Å². The number of aliphatic hydroxyl groups is 1. The van der Waals surface area contributed by atoms with Crippen molar-refractivity contribution in [3.8, 4) is 5.75 Å². The van der Waals surface area contributed by atoms with Gasteiger partial charge in [-0.05, 0) is 36.6 Å². The van der Waals surface area contributed by atoms with Gasteiger partial charge in [0.05, 0.1) is 12.7 Å². The molecule has 0 aromatic heterocycles. The summed E-state index contributed by atoms with van der Waals surface area (Å²) in [6, 6.07) is 17.7. The Bertz CT molecular complexity index is 491. The first-order valence-electron chi connectivity index (χ1n) is 6.75. The lowest BCUT2D eigenvalue weighted by Gasteiger charge is -2.09. The van der Waals surface area contributed by atoms with Crippen LogP contribution in [0.1, 0.15) is 18.1 Å². The van der Waals surface area contributed by atoms with E-state index in [1.807, 2.05) is 54.6 Å². The lowest BCUT2D eigenvalue weighted by molar-refractivity contribution is 0.00503. The third kappa shape index (κ3) is 5.03. The van der Waals surface area contributed by atoms with Crippen molar-refractivity contribution in [2.24, 2.45) is 0 Å². The molecule has 106 valence electrons. The van der Waals surface area contributed by atoms with E-state index in [2.05, 4.69) is 0 Å². The summed E-state index contributed by atoms with van der Waals surface area (Å²) in [4.78, 5) is 0. The van der Waals surface area contributed by atoms with E-state index in [1.54, 1.807) is 6.92 Å². The lowest BCUT2D eigenvalue weighted by Crippen LogP contribution is -2.05. The Hall–Kier alpha value is -1.84. The predicted octanol–water partition coefficient (Wildman–Crippen LogP) is 3.16. The highest BCUT2D eigenvalue weighted by atomic mass is 16.7. The van der Waals surface area contributed by atoms with Crippen LogP contribution in [-0.2, 0) is 17.8 Å². The van der Waals surface area contributed by atoms with E-state index < -0.39 is 0 Å². The van der Waals surface area contributed by atoms with E-state index in [0.29, 0.717) is 13.0 Å². The van der Waals surface area contributed by atoms with Crippen LogP contribution in [0, 0.1) is 0 Å². The summed E-state index contributed by atoms with van der Waals surface area (Å²) in [5.41, 5.74) is 2.22. The molecule has 2 aromatic rings. The van der Waals surface area contributed by atoms with Gasteiger partial charge in [-0.3, -0.25) is 0 Å². The van der Waals surface area contributed by atoms with Crippen molar-refractivity contribution in [2.75, 3.05) is 6.79 Å². The van der Waals surface area contributed by atoms with Crippen molar-refractivity contribution in [3.05, 3.63) is 65.7 Å². The van der Waals surface area contributed by atoms with Crippen molar-refractivity contribution < 1.29 is 14.6 Å². The third-order valence-corrected chi connectivity index (χ3v) is 2.87. The monoisotopic (exact) mass is 272 g/mol. The molecule has 0 aliphatic carbocycles. The zero-order valence-corrected chi connectivity index (χ0v) is 11.7. The molecule has 2 rings (SSSR count). The molecule has 0 aliphatic rings. The van der Waals surface area contributed by atoms with Gasteiger partial charge in [0, 0.05) is 0 Å². The van der Waals surface area contributed by atoms with E-state index in [1.165, 1.54) is 0 Å². The number of ether oxygens (including phenoxy) is 2. The second-order valence-electron chi connectivity index (χ2n) is 4.79. The molecule has 1 N–H and O–H groups in total. The second-order valence-corrected chi connectivity index (χ2v) is 4.79. The molecule has 20 heavy (non-hydrogen) atoms. The Kier molecular flexibility index (Phi) is 5.59. The van der Waals surface area contributed by atoms with E-state index in [9.17, 15) is 5.11 Å². The van der Waals surface area contributed by atoms with Crippen LogP contribution in [0.5, 0.6) is 5.75 Å². The quantitative estimate of drug-likeness (QED) is 0.621. The maximum atomic E-state index is 9.31. The molecule has 0 heterocycles. The zero-order valence-electron chi connectivity index (χ0n) is 11.7. The number of hydrogen-bond acceptors (Lipinski definition) is 3. The van der Waals surface area contributed by atoms with Crippen LogP contribution >= 0.6 is 0 Å². The highest BCUT2D eigenvalue weighted by molar-refractivity contribution is 5.27. The smallest absolute Gasteiger partial charge is 0.189 e. The van der Waals surface area contributed by atoms with E-state index in [-0.39, 0.29) is 12.9 Å². The molecular formula is C17H20O3. The second kappa shape index (κ2) is 7.68. The maximum absolute atomic E-state index is 9.31. The summed E-state index contributed by atoms with van der Waals surface area (Å²) >= 11 is 0. The van der Waals surface area contributed by atoms with Crippen molar-refractivity contribution in [1.82, 2.24) is 0 Å². The van der Waals surface area contributed by atoms with Crippen LogP contribution in [0.15, 0.2) is 54.6 Å². The first-order chi connectivity index (χ1) is 9.74. The number of benzene rings is 2. The van der Waals surface area contributed by atoms with Gasteiger partial charge in [-0.1, -0.05) is 42.5 Å². The Balaban J connectivity index is 1.71. The first-order valence-corrected chi connectivity index (χ1v) is 6.75. The molecule has 3 nitrogen and oxygen atoms in total. The third-order valence-electron chi connectivity index (χ3n) is 2.87. The van der Waals surface area contributed by atoms with Gasteiger partial charge in [-0.2, -0.15) is 0 Å². The van der Waals surface area contributed by atoms with Crippen molar-refractivity contribution in [1.29, 1.82) is 0 Å². The topological polar surface area (TPSA) is 38.7 Å². The van der Waals surface area contributed by atoms with Crippen LogP contribution < -0.4 is 4.74 Å². The molecule has 1 atom stereocenters. The summed E-state index contributed by atoms with van der Waals surface area (Å²) in [7, 11) is 0. The molecule has 0 amide bonds. The van der Waals surface area contributed by atoms with Crippen LogP contribution in [0.3, 0.4) is 0 Å². The van der Waals surface area contributed by atoms with Crippen molar-refractivity contribution >= 4 is 0 Å². The lowest BCUT2D eigenvalue weighted by atomic mass is 10.1. The molecule has 0 saturated carbocycles. The normalized spacial score (nSPS) is 12.1. The Labute approximate surface area is 119 Å². The standard InChI is InChI=1S/C17H20O3/c1-14(18)11-15-7-9-17(10-8-15)20-13-19-12-16-5-3-2-4-6-16/h2-10,14,18H,11-13H2,1H3. The highest BCUT2D eigenvalue weighted by Crippen LogP contribution is 2.13. The number of rotatable bonds is 7. The minimum Gasteiger partial charge on any atom is -0.468 e. The fourth-order valence-electron chi connectivity index (χ4n) is 1.91. The summed E-state index contributed by atoms with van der Waals surface area (Å²) in [5, 5.41) is 9.31. The molecular weight excluding hydrogens is 252 g/mol. The maximum Gasteiger partial charge on any atom is 0.189 e.